The number of nitrogens with zero attached hydrogens (tertiary/aromatic N) is 1. The molecular weight excluding hydrogens is 556 g/mol. The molecule has 1 saturated heterocycles. The monoisotopic (exact) mass is 584 g/mol. The third-order valence-electron chi connectivity index (χ3n) is 5.78. The van der Waals surface area contributed by atoms with Crippen LogP contribution in [0.5, 0.6) is 0 Å². The van der Waals surface area contributed by atoms with Crippen LogP contribution >= 0.6 is 21.6 Å². The predicted molar refractivity (Wildman–Crippen MR) is 149 cm³/mol. The minimum atomic E-state index is -1.08. The van der Waals surface area contributed by atoms with E-state index in [2.05, 4.69) is 22.0 Å². The summed E-state index contributed by atoms with van der Waals surface area (Å²) in [5, 5.41) is 3.19. The van der Waals surface area contributed by atoms with E-state index in [1.54, 1.807) is 0 Å². The Hall–Kier alpha value is -3.66. The predicted octanol–water partition coefficient (Wildman–Crippen LogP) is 4.03. The molecule has 0 bridgehead atoms. The van der Waals surface area contributed by atoms with Gasteiger partial charge >= 0.3 is 12.2 Å². The summed E-state index contributed by atoms with van der Waals surface area (Å²) in [6.07, 6.45) is -1.47. The second-order valence-corrected chi connectivity index (χ2v) is 11.2. The van der Waals surface area contributed by atoms with Crippen molar-refractivity contribution in [1.82, 2.24) is 10.4 Å². The lowest BCUT2D eigenvalue weighted by molar-refractivity contribution is -0.176. The zero-order valence-electron chi connectivity index (χ0n) is 21.6. The standard InChI is InChI=1S/C28H28N2O8S2/c31-25-11-12-26(32)30(25)38-28(34)36-16-18-40-39-17-15-35-14-13-29-27(33)37-24-19-22-7-2-1-5-20(22)9-10-21-6-3-4-8-23(21)24/h1-8,24H,11-19H2,(H,29,33). The van der Waals surface area contributed by atoms with Crippen molar-refractivity contribution in [3.63, 3.8) is 0 Å². The Morgan fingerprint density at radius 1 is 0.900 bits per heavy atom. The third kappa shape index (κ3) is 8.67. The highest BCUT2D eigenvalue weighted by atomic mass is 33.1. The molecule has 2 aliphatic rings. The van der Waals surface area contributed by atoms with Gasteiger partial charge < -0.3 is 19.5 Å². The molecule has 0 spiro atoms. The van der Waals surface area contributed by atoms with E-state index in [1.165, 1.54) is 21.6 Å². The molecule has 1 aliphatic carbocycles. The molecule has 1 heterocycles. The van der Waals surface area contributed by atoms with Crippen LogP contribution in [-0.2, 0) is 35.1 Å². The van der Waals surface area contributed by atoms with E-state index in [-0.39, 0.29) is 19.4 Å². The van der Waals surface area contributed by atoms with Crippen LogP contribution < -0.4 is 5.32 Å². The lowest BCUT2D eigenvalue weighted by atomic mass is 9.92. The number of ether oxygens (including phenoxy) is 3. The zero-order valence-corrected chi connectivity index (χ0v) is 23.2. The largest absolute Gasteiger partial charge is 0.533 e. The maximum Gasteiger partial charge on any atom is 0.533 e. The van der Waals surface area contributed by atoms with Gasteiger partial charge in [-0.3, -0.25) is 14.4 Å². The van der Waals surface area contributed by atoms with Crippen molar-refractivity contribution in [2.45, 2.75) is 25.4 Å². The lowest BCUT2D eigenvalue weighted by Gasteiger charge is -2.22. The van der Waals surface area contributed by atoms with Gasteiger partial charge in [-0.05, 0) is 17.7 Å². The fourth-order valence-electron chi connectivity index (χ4n) is 3.89. The first-order chi connectivity index (χ1) is 19.5. The molecule has 1 N–H and O–H groups in total. The van der Waals surface area contributed by atoms with Gasteiger partial charge in [-0.15, -0.1) is 0 Å². The molecule has 2 aromatic rings. The van der Waals surface area contributed by atoms with Crippen LogP contribution in [0.2, 0.25) is 0 Å². The van der Waals surface area contributed by atoms with Crippen LogP contribution in [0.15, 0.2) is 48.5 Å². The smallest absolute Gasteiger partial charge is 0.441 e. The first kappa shape index (κ1) is 29.3. The molecule has 210 valence electrons. The first-order valence-corrected chi connectivity index (χ1v) is 15.2. The van der Waals surface area contributed by atoms with Gasteiger partial charge in [-0.1, -0.05) is 74.9 Å². The number of carbonyl (C=O) groups excluding carboxylic acids is 4. The quantitative estimate of drug-likeness (QED) is 0.129. The normalized spacial score (nSPS) is 15.6. The Balaban J connectivity index is 1.06. The molecule has 0 radical (unpaired) electrons. The minimum absolute atomic E-state index is 0.0295. The maximum absolute atomic E-state index is 12.5. The SMILES string of the molecule is O=C(NCCOCCSSCCOC(=O)ON1C(=O)CCC1=O)OC1Cc2ccccc2C#Cc2ccccc21. The second-order valence-electron chi connectivity index (χ2n) is 8.55. The number of fused-ring (bicyclic) bond motifs is 2. The maximum atomic E-state index is 12.5. The van der Waals surface area contributed by atoms with Crippen molar-refractivity contribution in [3.8, 4) is 11.8 Å². The fourth-order valence-corrected chi connectivity index (χ4v) is 5.58. The van der Waals surface area contributed by atoms with E-state index < -0.39 is 30.2 Å². The molecule has 0 aromatic heterocycles. The Morgan fingerprint density at radius 2 is 1.57 bits per heavy atom. The first-order valence-electron chi connectivity index (χ1n) is 12.7. The number of nitrogens with one attached hydrogen (secondary N) is 1. The van der Waals surface area contributed by atoms with Gasteiger partial charge in [-0.25, -0.2) is 9.59 Å². The highest BCUT2D eigenvalue weighted by molar-refractivity contribution is 8.76. The number of hydrogen-bond donors (Lipinski definition) is 1. The number of amides is 3. The van der Waals surface area contributed by atoms with Crippen LogP contribution in [0, 0.1) is 11.8 Å². The summed E-state index contributed by atoms with van der Waals surface area (Å²) in [7, 11) is 3.01. The van der Waals surface area contributed by atoms with Gasteiger partial charge in [0, 0.05) is 54.0 Å². The number of benzene rings is 2. The lowest BCUT2D eigenvalue weighted by Crippen LogP contribution is -2.32. The number of hydrogen-bond acceptors (Lipinski definition) is 10. The molecule has 40 heavy (non-hydrogen) atoms. The summed E-state index contributed by atoms with van der Waals surface area (Å²) < 4.78 is 16.2. The number of rotatable bonds is 12. The summed E-state index contributed by atoms with van der Waals surface area (Å²) in [6.45, 7) is 1.18. The van der Waals surface area contributed by atoms with Crippen LogP contribution in [-0.4, -0.2) is 67.0 Å². The van der Waals surface area contributed by atoms with Crippen molar-refractivity contribution in [2.75, 3.05) is 37.9 Å². The van der Waals surface area contributed by atoms with Crippen molar-refractivity contribution in [2.24, 2.45) is 0 Å². The Bertz CT molecular complexity index is 1280. The number of alkyl carbamates (subject to hydrolysis) is 1. The van der Waals surface area contributed by atoms with E-state index in [1.807, 2.05) is 48.5 Å². The fraction of sp³-hybridized carbons (Fsp3) is 0.357. The third-order valence-corrected chi connectivity index (χ3v) is 8.11. The molecule has 1 unspecified atom stereocenters. The molecular formula is C28H28N2O8S2. The van der Waals surface area contributed by atoms with Crippen molar-refractivity contribution in [1.29, 1.82) is 0 Å². The molecule has 2 aromatic carbocycles. The second kappa shape index (κ2) is 15.2. The summed E-state index contributed by atoms with van der Waals surface area (Å²) in [4.78, 5) is 51.5. The summed E-state index contributed by atoms with van der Waals surface area (Å²) in [6, 6.07) is 15.6. The molecule has 1 aliphatic heterocycles. The van der Waals surface area contributed by atoms with Gasteiger partial charge in [0.25, 0.3) is 11.8 Å². The average molecular weight is 585 g/mol. The highest BCUT2D eigenvalue weighted by Crippen LogP contribution is 2.28. The zero-order chi connectivity index (χ0) is 28.2. The van der Waals surface area contributed by atoms with Crippen LogP contribution in [0.25, 0.3) is 0 Å². The van der Waals surface area contributed by atoms with Crippen LogP contribution in [0.1, 0.15) is 41.2 Å². The Labute approximate surface area is 239 Å². The van der Waals surface area contributed by atoms with Crippen molar-refractivity contribution >= 4 is 45.7 Å². The van der Waals surface area contributed by atoms with Crippen LogP contribution in [0.4, 0.5) is 9.59 Å². The number of hydroxylamine groups is 2. The van der Waals surface area contributed by atoms with Gasteiger partial charge in [0.1, 0.15) is 12.7 Å². The Morgan fingerprint density at radius 3 is 2.38 bits per heavy atom. The highest BCUT2D eigenvalue weighted by Gasteiger charge is 2.33. The minimum Gasteiger partial charge on any atom is -0.441 e. The van der Waals surface area contributed by atoms with Crippen molar-refractivity contribution < 1.29 is 38.2 Å². The van der Waals surface area contributed by atoms with Gasteiger partial charge in [0.05, 0.1) is 13.2 Å². The van der Waals surface area contributed by atoms with Crippen LogP contribution in [0.3, 0.4) is 0 Å². The molecule has 3 amide bonds. The van der Waals surface area contributed by atoms with E-state index in [9.17, 15) is 19.2 Å². The van der Waals surface area contributed by atoms with Gasteiger partial charge in [0.15, 0.2) is 0 Å². The molecule has 12 heteroatoms. The molecule has 1 atom stereocenters. The summed E-state index contributed by atoms with van der Waals surface area (Å²) in [5.74, 6) is 6.49. The molecule has 10 nitrogen and oxygen atoms in total. The van der Waals surface area contributed by atoms with Gasteiger partial charge in [0.2, 0.25) is 0 Å². The number of carbonyl (C=O) groups is 4. The average Bonchev–Trinajstić information content (AvgIpc) is 3.26. The van der Waals surface area contributed by atoms with E-state index in [0.717, 1.165) is 22.3 Å². The van der Waals surface area contributed by atoms with E-state index in [0.29, 0.717) is 42.7 Å². The van der Waals surface area contributed by atoms with E-state index >= 15 is 0 Å². The molecule has 4 rings (SSSR count). The summed E-state index contributed by atoms with van der Waals surface area (Å²) >= 11 is 0. The number of imide groups is 1. The summed E-state index contributed by atoms with van der Waals surface area (Å²) in [5.41, 5.74) is 3.68. The van der Waals surface area contributed by atoms with E-state index in [4.69, 9.17) is 14.2 Å². The van der Waals surface area contributed by atoms with Crippen molar-refractivity contribution in [3.05, 3.63) is 70.8 Å². The molecule has 1 fully saturated rings. The van der Waals surface area contributed by atoms with Gasteiger partial charge in [-0.2, -0.15) is 0 Å². The Kier molecular flexibility index (Phi) is 11.2. The topological polar surface area (TPSA) is 120 Å². The molecule has 0 saturated carbocycles.